The van der Waals surface area contributed by atoms with E-state index in [9.17, 15) is 10.2 Å². The van der Waals surface area contributed by atoms with Crippen LogP contribution < -0.4 is 19.5 Å². The fraction of sp³-hybridized carbons (Fsp3) is 0.333. The first-order chi connectivity index (χ1) is 11.6. The highest BCUT2D eigenvalue weighted by Gasteiger charge is 2.28. The van der Waals surface area contributed by atoms with Crippen LogP contribution in [0.15, 0.2) is 30.3 Å². The highest BCUT2D eigenvalue weighted by Crippen LogP contribution is 2.42. The monoisotopic (exact) mass is 331 g/mol. The number of phenols is 1. The minimum absolute atomic E-state index is 0.137. The molecule has 2 atom stereocenters. The number of rotatable bonds is 4. The fourth-order valence-electron chi connectivity index (χ4n) is 3.13. The topological polar surface area (TPSA) is 80.2 Å². The highest BCUT2D eigenvalue weighted by atomic mass is 16.5. The number of hydrogen-bond donors (Lipinski definition) is 3. The van der Waals surface area contributed by atoms with Crippen LogP contribution in [-0.2, 0) is 0 Å². The van der Waals surface area contributed by atoms with E-state index in [1.54, 1.807) is 33.5 Å². The SMILES string of the molecule is COc1cc(C2NCC(O)c3cc(O)ccc32)cc(OC)c1OC. The Morgan fingerprint density at radius 1 is 0.958 bits per heavy atom. The van der Waals surface area contributed by atoms with Gasteiger partial charge in [-0.2, -0.15) is 0 Å². The first-order valence-electron chi connectivity index (χ1n) is 7.63. The number of benzene rings is 2. The lowest BCUT2D eigenvalue weighted by Crippen LogP contribution is -2.33. The molecule has 0 aromatic heterocycles. The second kappa shape index (κ2) is 6.59. The number of methoxy groups -OCH3 is 3. The summed E-state index contributed by atoms with van der Waals surface area (Å²) in [5, 5.41) is 23.2. The van der Waals surface area contributed by atoms with E-state index in [4.69, 9.17) is 14.2 Å². The lowest BCUT2D eigenvalue weighted by Gasteiger charge is -2.31. The van der Waals surface area contributed by atoms with E-state index in [2.05, 4.69) is 5.32 Å². The molecule has 1 heterocycles. The fourth-order valence-corrected chi connectivity index (χ4v) is 3.13. The molecule has 128 valence electrons. The van der Waals surface area contributed by atoms with Gasteiger partial charge in [0.1, 0.15) is 5.75 Å². The van der Waals surface area contributed by atoms with Gasteiger partial charge in [-0.25, -0.2) is 0 Å². The highest BCUT2D eigenvalue weighted by molar-refractivity contribution is 5.56. The third-order valence-corrected chi connectivity index (χ3v) is 4.28. The number of ether oxygens (including phenoxy) is 3. The molecule has 2 unspecified atom stereocenters. The second-order valence-corrected chi connectivity index (χ2v) is 5.63. The first kappa shape index (κ1) is 16.4. The van der Waals surface area contributed by atoms with Crippen LogP contribution in [0.1, 0.15) is 28.8 Å². The van der Waals surface area contributed by atoms with Crippen molar-refractivity contribution in [3.8, 4) is 23.0 Å². The third-order valence-electron chi connectivity index (χ3n) is 4.28. The van der Waals surface area contributed by atoms with Crippen LogP contribution in [0.4, 0.5) is 0 Å². The summed E-state index contributed by atoms with van der Waals surface area (Å²) in [6.45, 7) is 0.387. The van der Waals surface area contributed by atoms with Gasteiger partial charge < -0.3 is 29.7 Å². The molecule has 6 heteroatoms. The summed E-state index contributed by atoms with van der Waals surface area (Å²) >= 11 is 0. The molecule has 0 amide bonds. The second-order valence-electron chi connectivity index (χ2n) is 5.63. The molecule has 2 aromatic carbocycles. The van der Waals surface area contributed by atoms with Crippen molar-refractivity contribution in [2.45, 2.75) is 12.1 Å². The molecule has 0 saturated heterocycles. The minimum Gasteiger partial charge on any atom is -0.508 e. The number of aromatic hydroxyl groups is 1. The number of aliphatic hydroxyl groups is 1. The predicted octanol–water partition coefficient (Wildman–Crippen LogP) is 2.14. The Morgan fingerprint density at radius 3 is 2.21 bits per heavy atom. The number of phenolic OH excluding ortho intramolecular Hbond substituents is 1. The Bertz CT molecular complexity index is 721. The third kappa shape index (κ3) is 2.74. The molecule has 1 aliphatic rings. The average molecular weight is 331 g/mol. The standard InChI is InChI=1S/C18H21NO5/c1-22-15-6-10(7-16(23-2)18(15)24-3)17-12-5-4-11(20)8-13(12)14(21)9-19-17/h4-8,14,17,19-21H,9H2,1-3H3. The number of aliphatic hydroxyl groups excluding tert-OH is 1. The van der Waals surface area contributed by atoms with Crippen molar-refractivity contribution in [3.63, 3.8) is 0 Å². The summed E-state index contributed by atoms with van der Waals surface area (Å²) in [5.41, 5.74) is 2.54. The Labute approximate surface area is 140 Å². The van der Waals surface area contributed by atoms with E-state index in [-0.39, 0.29) is 11.8 Å². The summed E-state index contributed by atoms with van der Waals surface area (Å²) < 4.78 is 16.2. The molecular formula is C18H21NO5. The molecule has 2 aromatic rings. The van der Waals surface area contributed by atoms with Gasteiger partial charge in [0.05, 0.1) is 33.5 Å². The van der Waals surface area contributed by atoms with Crippen molar-refractivity contribution in [3.05, 3.63) is 47.0 Å². The largest absolute Gasteiger partial charge is 0.508 e. The van der Waals surface area contributed by atoms with Crippen molar-refractivity contribution >= 4 is 0 Å². The van der Waals surface area contributed by atoms with Crippen LogP contribution in [-0.4, -0.2) is 38.1 Å². The maximum Gasteiger partial charge on any atom is 0.203 e. The lowest BCUT2D eigenvalue weighted by molar-refractivity contribution is 0.160. The number of hydrogen-bond acceptors (Lipinski definition) is 6. The predicted molar refractivity (Wildman–Crippen MR) is 89.0 cm³/mol. The van der Waals surface area contributed by atoms with E-state index in [0.717, 1.165) is 11.1 Å². The van der Waals surface area contributed by atoms with Crippen molar-refractivity contribution in [2.75, 3.05) is 27.9 Å². The Morgan fingerprint density at radius 2 is 1.62 bits per heavy atom. The summed E-state index contributed by atoms with van der Waals surface area (Å²) in [7, 11) is 4.71. The van der Waals surface area contributed by atoms with Crippen LogP contribution in [0.5, 0.6) is 23.0 Å². The van der Waals surface area contributed by atoms with Gasteiger partial charge in [0.15, 0.2) is 11.5 Å². The van der Waals surface area contributed by atoms with E-state index in [1.165, 1.54) is 0 Å². The van der Waals surface area contributed by atoms with Crippen molar-refractivity contribution in [1.29, 1.82) is 0 Å². The Balaban J connectivity index is 2.12. The summed E-state index contributed by atoms with van der Waals surface area (Å²) in [5.74, 6) is 1.81. The van der Waals surface area contributed by atoms with E-state index in [1.807, 2.05) is 18.2 Å². The lowest BCUT2D eigenvalue weighted by atomic mass is 9.88. The maximum absolute atomic E-state index is 10.2. The molecule has 6 nitrogen and oxygen atoms in total. The van der Waals surface area contributed by atoms with Gasteiger partial charge in [-0.15, -0.1) is 0 Å². The van der Waals surface area contributed by atoms with Crippen molar-refractivity contribution in [2.24, 2.45) is 0 Å². The number of β-amino-alcohol motifs (C(OH)–C–C–N with tert-alkyl or cyclic N) is 1. The zero-order valence-corrected chi connectivity index (χ0v) is 13.9. The van der Waals surface area contributed by atoms with Crippen LogP contribution in [0.25, 0.3) is 0 Å². The van der Waals surface area contributed by atoms with Gasteiger partial charge in [0, 0.05) is 6.54 Å². The molecule has 0 fully saturated rings. The molecule has 0 aliphatic carbocycles. The quantitative estimate of drug-likeness (QED) is 0.796. The van der Waals surface area contributed by atoms with Gasteiger partial charge in [0.25, 0.3) is 0 Å². The first-order valence-corrected chi connectivity index (χ1v) is 7.63. The zero-order chi connectivity index (χ0) is 17.3. The smallest absolute Gasteiger partial charge is 0.203 e. The van der Waals surface area contributed by atoms with E-state index < -0.39 is 6.10 Å². The van der Waals surface area contributed by atoms with Gasteiger partial charge in [-0.3, -0.25) is 0 Å². The van der Waals surface area contributed by atoms with Crippen LogP contribution in [0.2, 0.25) is 0 Å². The minimum atomic E-state index is -0.662. The summed E-state index contributed by atoms with van der Waals surface area (Å²) in [6, 6.07) is 8.64. The number of fused-ring (bicyclic) bond motifs is 1. The molecule has 0 spiro atoms. The van der Waals surface area contributed by atoms with Gasteiger partial charge in [-0.1, -0.05) is 6.07 Å². The van der Waals surface area contributed by atoms with Gasteiger partial charge in [-0.05, 0) is 41.0 Å². The average Bonchev–Trinajstić information content (AvgIpc) is 2.61. The van der Waals surface area contributed by atoms with Crippen LogP contribution in [0.3, 0.4) is 0 Å². The van der Waals surface area contributed by atoms with Crippen molar-refractivity contribution < 1.29 is 24.4 Å². The summed E-state index contributed by atoms with van der Waals surface area (Å²) in [4.78, 5) is 0. The molecule has 3 N–H and O–H groups in total. The van der Waals surface area contributed by atoms with E-state index >= 15 is 0 Å². The van der Waals surface area contributed by atoms with Gasteiger partial charge >= 0.3 is 0 Å². The normalized spacial score (nSPS) is 19.5. The molecule has 0 bridgehead atoms. The maximum atomic E-state index is 10.2. The Hall–Kier alpha value is -2.44. The molecule has 3 rings (SSSR count). The van der Waals surface area contributed by atoms with Crippen molar-refractivity contribution in [1.82, 2.24) is 5.32 Å². The van der Waals surface area contributed by atoms with Gasteiger partial charge in [0.2, 0.25) is 5.75 Å². The van der Waals surface area contributed by atoms with E-state index in [0.29, 0.717) is 29.4 Å². The molecule has 1 aliphatic heterocycles. The zero-order valence-electron chi connectivity index (χ0n) is 13.9. The summed E-state index contributed by atoms with van der Waals surface area (Å²) in [6.07, 6.45) is -0.662. The molecular weight excluding hydrogens is 310 g/mol. The molecule has 24 heavy (non-hydrogen) atoms. The molecule has 0 saturated carbocycles. The Kier molecular flexibility index (Phi) is 4.51. The van der Waals surface area contributed by atoms with Crippen LogP contribution >= 0.6 is 0 Å². The number of nitrogens with one attached hydrogen (secondary N) is 1. The van der Waals surface area contributed by atoms with Crippen LogP contribution in [0, 0.1) is 0 Å². The molecule has 0 radical (unpaired) electrons.